The van der Waals surface area contributed by atoms with Crippen LogP contribution in [0.5, 0.6) is 5.75 Å². The fraction of sp³-hybridized carbons (Fsp3) is 0.538. The van der Waals surface area contributed by atoms with Crippen molar-refractivity contribution in [2.75, 3.05) is 5.88 Å². The van der Waals surface area contributed by atoms with E-state index < -0.39 is 0 Å². The Morgan fingerprint density at radius 1 is 1.31 bits per heavy atom. The largest absolute Gasteiger partial charge is 0.508 e. The number of halogens is 1. The number of hydrogen-bond acceptors (Lipinski definition) is 2. The summed E-state index contributed by atoms with van der Waals surface area (Å²) in [5, 5.41) is 12.8. The summed E-state index contributed by atoms with van der Waals surface area (Å²) in [6.07, 6.45) is 2.01. The Bertz CT molecular complexity index is 315. The lowest BCUT2D eigenvalue weighted by molar-refractivity contribution is 0.334. The molecule has 0 aromatic heterocycles. The van der Waals surface area contributed by atoms with Crippen molar-refractivity contribution in [1.82, 2.24) is 5.32 Å². The molecule has 0 atom stereocenters. The highest BCUT2D eigenvalue weighted by molar-refractivity contribution is 6.18. The van der Waals surface area contributed by atoms with Gasteiger partial charge in [0.25, 0.3) is 0 Å². The highest BCUT2D eigenvalue weighted by Crippen LogP contribution is 2.18. The fourth-order valence-corrected chi connectivity index (χ4v) is 2.16. The van der Waals surface area contributed by atoms with Gasteiger partial charge in [0.2, 0.25) is 0 Å². The number of rotatable bonds is 6. The molecule has 0 fully saturated rings. The molecule has 1 rings (SSSR count). The molecule has 0 heterocycles. The zero-order valence-electron chi connectivity index (χ0n) is 9.96. The molecule has 0 radical (unpaired) electrons. The fourth-order valence-electron chi connectivity index (χ4n) is 1.69. The molecule has 1 aromatic rings. The van der Waals surface area contributed by atoms with Gasteiger partial charge in [-0.2, -0.15) is 0 Å². The molecule has 3 heteroatoms. The van der Waals surface area contributed by atoms with Gasteiger partial charge < -0.3 is 10.4 Å². The van der Waals surface area contributed by atoms with E-state index in [1.165, 1.54) is 0 Å². The second kappa shape index (κ2) is 6.12. The molecule has 0 aliphatic rings. The van der Waals surface area contributed by atoms with Crippen LogP contribution >= 0.6 is 11.6 Å². The summed E-state index contributed by atoms with van der Waals surface area (Å²) >= 11 is 6.01. The van der Waals surface area contributed by atoms with Crippen molar-refractivity contribution in [2.45, 2.75) is 38.8 Å². The highest BCUT2D eigenvalue weighted by Gasteiger charge is 2.23. The van der Waals surface area contributed by atoms with Crippen molar-refractivity contribution in [3.63, 3.8) is 0 Å². The minimum absolute atomic E-state index is 0.00696. The maximum Gasteiger partial charge on any atom is 0.115 e. The number of benzene rings is 1. The van der Waals surface area contributed by atoms with Crippen molar-refractivity contribution >= 4 is 11.6 Å². The van der Waals surface area contributed by atoms with E-state index in [-0.39, 0.29) is 5.54 Å². The molecule has 2 nitrogen and oxygen atoms in total. The maximum absolute atomic E-state index is 9.36. The van der Waals surface area contributed by atoms with Gasteiger partial charge in [-0.25, -0.2) is 0 Å². The minimum Gasteiger partial charge on any atom is -0.508 e. The first-order valence-electron chi connectivity index (χ1n) is 5.74. The number of aromatic hydroxyl groups is 1. The number of hydrogen-bond donors (Lipinski definition) is 2. The summed E-state index contributed by atoms with van der Waals surface area (Å²) in [5.74, 6) is 0.919. The van der Waals surface area contributed by atoms with Crippen LogP contribution in [-0.2, 0) is 6.54 Å². The molecule has 0 amide bonds. The van der Waals surface area contributed by atoms with Crippen LogP contribution in [0.1, 0.15) is 32.3 Å². The van der Waals surface area contributed by atoms with Crippen LogP contribution < -0.4 is 5.32 Å². The molecule has 0 saturated heterocycles. The van der Waals surface area contributed by atoms with Gasteiger partial charge in [0.1, 0.15) is 5.75 Å². The molecule has 0 aliphatic heterocycles. The Labute approximate surface area is 103 Å². The summed E-state index contributed by atoms with van der Waals surface area (Å²) in [6, 6.07) is 7.30. The Morgan fingerprint density at radius 3 is 2.50 bits per heavy atom. The van der Waals surface area contributed by atoms with Crippen LogP contribution in [0.4, 0.5) is 0 Å². The highest BCUT2D eigenvalue weighted by atomic mass is 35.5. The Kier molecular flexibility index (Phi) is 5.10. The lowest BCUT2D eigenvalue weighted by Crippen LogP contribution is -2.45. The molecule has 90 valence electrons. The van der Waals surface area contributed by atoms with E-state index >= 15 is 0 Å². The number of phenols is 1. The van der Waals surface area contributed by atoms with Gasteiger partial charge in [0.05, 0.1) is 0 Å². The lowest BCUT2D eigenvalue weighted by Gasteiger charge is -2.31. The van der Waals surface area contributed by atoms with Crippen molar-refractivity contribution in [1.29, 1.82) is 0 Å². The summed E-state index contributed by atoms with van der Waals surface area (Å²) in [6.45, 7) is 5.02. The van der Waals surface area contributed by atoms with E-state index in [1.54, 1.807) is 12.1 Å². The first-order chi connectivity index (χ1) is 7.65. The van der Waals surface area contributed by atoms with Crippen LogP contribution in [0.15, 0.2) is 24.3 Å². The van der Waals surface area contributed by atoms with Crippen molar-refractivity contribution < 1.29 is 5.11 Å². The van der Waals surface area contributed by atoms with E-state index in [9.17, 15) is 5.11 Å². The van der Waals surface area contributed by atoms with E-state index in [0.29, 0.717) is 11.6 Å². The lowest BCUT2D eigenvalue weighted by atomic mass is 9.95. The quantitative estimate of drug-likeness (QED) is 0.750. The van der Waals surface area contributed by atoms with E-state index in [0.717, 1.165) is 24.9 Å². The van der Waals surface area contributed by atoms with E-state index in [1.807, 2.05) is 12.1 Å². The Hall–Kier alpha value is -0.730. The third-order valence-corrected chi connectivity index (χ3v) is 3.70. The minimum atomic E-state index is 0.00696. The van der Waals surface area contributed by atoms with Crippen LogP contribution in [0, 0.1) is 0 Å². The average molecular weight is 242 g/mol. The second-order valence-electron chi connectivity index (χ2n) is 4.14. The monoisotopic (exact) mass is 241 g/mol. The molecular formula is C13H20ClNO. The van der Waals surface area contributed by atoms with Gasteiger partial charge >= 0.3 is 0 Å². The predicted molar refractivity (Wildman–Crippen MR) is 69.0 cm³/mol. The summed E-state index contributed by atoms with van der Waals surface area (Å²) in [5.41, 5.74) is 1.09. The third kappa shape index (κ3) is 3.39. The standard InChI is InChI=1S/C13H20ClNO/c1-3-13(4-2,10-14)15-9-11-6-5-7-12(16)8-11/h5-8,15-16H,3-4,9-10H2,1-2H3. The van der Waals surface area contributed by atoms with Gasteiger partial charge in [-0.15, -0.1) is 11.6 Å². The van der Waals surface area contributed by atoms with Gasteiger partial charge in [-0.3, -0.25) is 0 Å². The number of alkyl halides is 1. The van der Waals surface area contributed by atoms with Gasteiger partial charge in [0, 0.05) is 18.0 Å². The van der Waals surface area contributed by atoms with Crippen LogP contribution in [0.3, 0.4) is 0 Å². The summed E-state index contributed by atoms with van der Waals surface area (Å²) in [4.78, 5) is 0. The number of nitrogens with one attached hydrogen (secondary N) is 1. The molecule has 2 N–H and O–H groups in total. The number of phenolic OH excluding ortho intramolecular Hbond substituents is 1. The molecule has 0 bridgehead atoms. The smallest absolute Gasteiger partial charge is 0.115 e. The normalized spacial score (nSPS) is 11.7. The molecular weight excluding hydrogens is 222 g/mol. The van der Waals surface area contributed by atoms with Gasteiger partial charge in [-0.05, 0) is 30.5 Å². The summed E-state index contributed by atoms with van der Waals surface area (Å²) < 4.78 is 0. The van der Waals surface area contributed by atoms with Crippen molar-refractivity contribution in [3.05, 3.63) is 29.8 Å². The molecule has 1 aromatic carbocycles. The molecule has 0 saturated carbocycles. The van der Waals surface area contributed by atoms with Crippen molar-refractivity contribution in [2.24, 2.45) is 0 Å². The maximum atomic E-state index is 9.36. The average Bonchev–Trinajstić information content (AvgIpc) is 2.32. The predicted octanol–water partition coefficient (Wildman–Crippen LogP) is 3.28. The summed E-state index contributed by atoms with van der Waals surface area (Å²) in [7, 11) is 0. The molecule has 16 heavy (non-hydrogen) atoms. The Morgan fingerprint density at radius 2 is 2.00 bits per heavy atom. The first kappa shape index (κ1) is 13.3. The van der Waals surface area contributed by atoms with E-state index in [2.05, 4.69) is 19.2 Å². The second-order valence-corrected chi connectivity index (χ2v) is 4.41. The zero-order valence-corrected chi connectivity index (χ0v) is 10.7. The van der Waals surface area contributed by atoms with Gasteiger partial charge in [-0.1, -0.05) is 26.0 Å². The van der Waals surface area contributed by atoms with Crippen LogP contribution in [0.2, 0.25) is 0 Å². The van der Waals surface area contributed by atoms with Gasteiger partial charge in [0.15, 0.2) is 0 Å². The molecule has 0 aliphatic carbocycles. The van der Waals surface area contributed by atoms with Crippen molar-refractivity contribution in [3.8, 4) is 5.75 Å². The van der Waals surface area contributed by atoms with Crippen LogP contribution in [0.25, 0.3) is 0 Å². The Balaban J connectivity index is 2.62. The SMILES string of the molecule is CCC(CC)(CCl)NCc1cccc(O)c1. The van der Waals surface area contributed by atoms with E-state index in [4.69, 9.17) is 11.6 Å². The molecule has 0 spiro atoms. The topological polar surface area (TPSA) is 32.3 Å². The zero-order chi connectivity index (χ0) is 12.0. The first-order valence-corrected chi connectivity index (χ1v) is 6.28. The third-order valence-electron chi connectivity index (χ3n) is 3.19. The molecule has 0 unspecified atom stereocenters. The van der Waals surface area contributed by atoms with Crippen LogP contribution in [-0.4, -0.2) is 16.5 Å².